The maximum atomic E-state index is 12.3. The number of hydrogen-bond acceptors (Lipinski definition) is 4. The van der Waals surface area contributed by atoms with Gasteiger partial charge < -0.3 is 9.84 Å². The summed E-state index contributed by atoms with van der Waals surface area (Å²) in [7, 11) is -2.01. The first-order valence-corrected chi connectivity index (χ1v) is 8.02. The van der Waals surface area contributed by atoms with Crippen LogP contribution in [0.15, 0.2) is 24.3 Å². The van der Waals surface area contributed by atoms with E-state index in [0.717, 1.165) is 0 Å². The molecule has 1 fully saturated rings. The van der Waals surface area contributed by atoms with Gasteiger partial charge in [-0.15, -0.1) is 0 Å². The Hall–Kier alpha value is -1.31. The number of aliphatic hydroxyl groups is 1. The molecule has 1 aromatic rings. The summed E-state index contributed by atoms with van der Waals surface area (Å²) in [6.07, 6.45) is 1.38. The van der Waals surface area contributed by atoms with Crippen molar-refractivity contribution in [3.05, 3.63) is 24.3 Å². The molecule has 0 radical (unpaired) electrons. The van der Waals surface area contributed by atoms with Crippen LogP contribution in [0.2, 0.25) is 0 Å². The van der Waals surface area contributed by atoms with E-state index < -0.39 is 10.2 Å². The smallest absolute Gasteiger partial charge is 0.301 e. The topological polar surface area (TPSA) is 78.9 Å². The van der Waals surface area contributed by atoms with Gasteiger partial charge >= 0.3 is 10.2 Å². The van der Waals surface area contributed by atoms with Gasteiger partial charge in [0.15, 0.2) is 0 Å². The van der Waals surface area contributed by atoms with Crippen LogP contribution in [0.4, 0.5) is 5.69 Å². The maximum Gasteiger partial charge on any atom is 0.301 e. The van der Waals surface area contributed by atoms with Crippen LogP contribution in [0, 0.1) is 5.92 Å². The number of ether oxygens (including phenoxy) is 1. The summed E-state index contributed by atoms with van der Waals surface area (Å²) in [6.45, 7) is 0.992. The first-order valence-electron chi connectivity index (χ1n) is 6.58. The molecule has 0 saturated carbocycles. The molecule has 0 spiro atoms. The number of aliphatic hydroxyl groups excluding tert-OH is 1. The van der Waals surface area contributed by atoms with Crippen molar-refractivity contribution in [2.45, 2.75) is 12.8 Å². The van der Waals surface area contributed by atoms with Crippen LogP contribution in [0.1, 0.15) is 12.8 Å². The fourth-order valence-electron chi connectivity index (χ4n) is 2.23. The van der Waals surface area contributed by atoms with Crippen LogP contribution >= 0.6 is 0 Å². The Balaban J connectivity index is 2.03. The van der Waals surface area contributed by atoms with Gasteiger partial charge in [0, 0.05) is 25.8 Å². The van der Waals surface area contributed by atoms with Gasteiger partial charge in [0.2, 0.25) is 0 Å². The van der Waals surface area contributed by atoms with E-state index in [9.17, 15) is 8.42 Å². The van der Waals surface area contributed by atoms with Gasteiger partial charge in [-0.1, -0.05) is 6.07 Å². The van der Waals surface area contributed by atoms with Gasteiger partial charge in [0.05, 0.1) is 12.8 Å². The molecule has 2 rings (SSSR count). The molecule has 0 amide bonds. The van der Waals surface area contributed by atoms with Gasteiger partial charge in [0.1, 0.15) is 5.75 Å². The quantitative estimate of drug-likeness (QED) is 0.852. The number of piperidine rings is 1. The van der Waals surface area contributed by atoms with E-state index in [1.807, 2.05) is 0 Å². The summed E-state index contributed by atoms with van der Waals surface area (Å²) in [4.78, 5) is 0. The average molecular weight is 300 g/mol. The van der Waals surface area contributed by atoms with E-state index >= 15 is 0 Å². The summed E-state index contributed by atoms with van der Waals surface area (Å²) < 4.78 is 33.6. The minimum absolute atomic E-state index is 0.122. The molecule has 0 unspecified atom stereocenters. The molecule has 0 atom stereocenters. The lowest BCUT2D eigenvalue weighted by molar-refractivity contribution is 0.170. The molecular formula is C13H20N2O4S. The van der Waals surface area contributed by atoms with E-state index in [2.05, 4.69) is 4.72 Å². The number of rotatable bonds is 5. The predicted molar refractivity (Wildman–Crippen MR) is 76.9 cm³/mol. The monoisotopic (exact) mass is 300 g/mol. The number of anilines is 1. The fourth-order valence-corrected chi connectivity index (χ4v) is 3.48. The van der Waals surface area contributed by atoms with Crippen LogP contribution in [0.5, 0.6) is 5.75 Å². The molecule has 2 N–H and O–H groups in total. The summed E-state index contributed by atoms with van der Waals surface area (Å²) in [5, 5.41) is 9.08. The van der Waals surface area contributed by atoms with Crippen molar-refractivity contribution in [2.24, 2.45) is 5.92 Å². The number of methoxy groups -OCH3 is 1. The van der Waals surface area contributed by atoms with Crippen molar-refractivity contribution < 1.29 is 18.3 Å². The third-order valence-electron chi connectivity index (χ3n) is 3.49. The second kappa shape index (κ2) is 6.43. The molecule has 1 aliphatic rings. The largest absolute Gasteiger partial charge is 0.497 e. The Kier molecular flexibility index (Phi) is 4.85. The molecule has 20 heavy (non-hydrogen) atoms. The Morgan fingerprint density at radius 1 is 1.40 bits per heavy atom. The van der Waals surface area contributed by atoms with Crippen LogP contribution in [0.3, 0.4) is 0 Å². The zero-order valence-electron chi connectivity index (χ0n) is 11.4. The summed E-state index contributed by atoms with van der Waals surface area (Å²) in [5.41, 5.74) is 0.480. The normalized spacial score (nSPS) is 17.9. The molecular weight excluding hydrogens is 280 g/mol. The van der Waals surface area contributed by atoms with E-state index in [-0.39, 0.29) is 12.5 Å². The summed E-state index contributed by atoms with van der Waals surface area (Å²) in [5.74, 6) is 0.808. The minimum atomic E-state index is -3.55. The van der Waals surface area contributed by atoms with Gasteiger partial charge in [-0.2, -0.15) is 12.7 Å². The Labute approximate surface area is 119 Å². The molecule has 0 bridgehead atoms. The van der Waals surface area contributed by atoms with Crippen molar-refractivity contribution >= 4 is 15.9 Å². The lowest BCUT2D eigenvalue weighted by Gasteiger charge is -2.30. The third-order valence-corrected chi connectivity index (χ3v) is 5.03. The van der Waals surface area contributed by atoms with E-state index in [1.165, 1.54) is 11.4 Å². The molecule has 1 saturated heterocycles. The SMILES string of the molecule is COc1cccc(NS(=O)(=O)N2CCC(CO)CC2)c1. The highest BCUT2D eigenvalue weighted by Crippen LogP contribution is 2.22. The van der Waals surface area contributed by atoms with Crippen molar-refractivity contribution in [1.82, 2.24) is 4.31 Å². The van der Waals surface area contributed by atoms with Crippen LogP contribution in [0.25, 0.3) is 0 Å². The molecule has 1 aromatic carbocycles. The minimum Gasteiger partial charge on any atom is -0.497 e. The molecule has 7 heteroatoms. The highest BCUT2D eigenvalue weighted by Gasteiger charge is 2.27. The lowest BCUT2D eigenvalue weighted by atomic mass is 10.00. The second-order valence-electron chi connectivity index (χ2n) is 4.86. The van der Waals surface area contributed by atoms with E-state index in [1.54, 1.807) is 24.3 Å². The number of nitrogens with one attached hydrogen (secondary N) is 1. The van der Waals surface area contributed by atoms with Crippen LogP contribution in [-0.2, 0) is 10.2 Å². The van der Waals surface area contributed by atoms with Gasteiger partial charge in [-0.05, 0) is 30.9 Å². The number of nitrogens with zero attached hydrogens (tertiary/aromatic N) is 1. The van der Waals surface area contributed by atoms with E-state index in [4.69, 9.17) is 9.84 Å². The van der Waals surface area contributed by atoms with Gasteiger partial charge in [-0.25, -0.2) is 0 Å². The average Bonchev–Trinajstić information content (AvgIpc) is 2.47. The van der Waals surface area contributed by atoms with Crippen molar-refractivity contribution in [2.75, 3.05) is 31.5 Å². The maximum absolute atomic E-state index is 12.3. The van der Waals surface area contributed by atoms with Crippen LogP contribution < -0.4 is 9.46 Å². The fraction of sp³-hybridized carbons (Fsp3) is 0.538. The predicted octanol–water partition coefficient (Wildman–Crippen LogP) is 1.06. The molecule has 112 valence electrons. The Morgan fingerprint density at radius 2 is 2.10 bits per heavy atom. The molecule has 0 aliphatic carbocycles. The highest BCUT2D eigenvalue weighted by atomic mass is 32.2. The van der Waals surface area contributed by atoms with Crippen molar-refractivity contribution in [1.29, 1.82) is 0 Å². The van der Waals surface area contributed by atoms with Crippen molar-refractivity contribution in [3.63, 3.8) is 0 Å². The molecule has 1 heterocycles. The first kappa shape index (κ1) is 15.1. The first-order chi connectivity index (χ1) is 9.55. The third kappa shape index (κ3) is 3.62. The Bertz CT molecular complexity index is 539. The summed E-state index contributed by atoms with van der Waals surface area (Å²) >= 11 is 0. The van der Waals surface area contributed by atoms with Gasteiger partial charge in [0.25, 0.3) is 0 Å². The zero-order chi connectivity index (χ0) is 14.6. The summed E-state index contributed by atoms with van der Waals surface area (Å²) in [6, 6.07) is 6.80. The Morgan fingerprint density at radius 3 is 2.70 bits per heavy atom. The zero-order valence-corrected chi connectivity index (χ0v) is 12.3. The van der Waals surface area contributed by atoms with E-state index in [0.29, 0.717) is 37.4 Å². The standard InChI is InChI=1S/C13H20N2O4S/c1-19-13-4-2-3-12(9-13)14-20(17,18)15-7-5-11(10-16)6-8-15/h2-4,9,11,14,16H,5-8,10H2,1H3. The number of benzene rings is 1. The molecule has 1 aliphatic heterocycles. The van der Waals surface area contributed by atoms with Gasteiger partial charge in [-0.3, -0.25) is 4.72 Å². The highest BCUT2D eigenvalue weighted by molar-refractivity contribution is 7.90. The van der Waals surface area contributed by atoms with Crippen LogP contribution in [-0.4, -0.2) is 44.6 Å². The lowest BCUT2D eigenvalue weighted by Crippen LogP contribution is -2.42. The number of hydrogen-bond donors (Lipinski definition) is 2. The van der Waals surface area contributed by atoms with Crippen molar-refractivity contribution in [3.8, 4) is 5.75 Å². The molecule has 6 nitrogen and oxygen atoms in total. The molecule has 0 aromatic heterocycles. The second-order valence-corrected chi connectivity index (χ2v) is 6.53.